The SMILES string of the molecule is Cc1cccc2c1NCC(C)CN2C. The van der Waals surface area contributed by atoms with Crippen molar-refractivity contribution in [1.29, 1.82) is 0 Å². The number of hydrogen-bond acceptors (Lipinski definition) is 2. The van der Waals surface area contributed by atoms with E-state index in [2.05, 4.69) is 49.3 Å². The van der Waals surface area contributed by atoms with Crippen molar-refractivity contribution in [1.82, 2.24) is 0 Å². The summed E-state index contributed by atoms with van der Waals surface area (Å²) >= 11 is 0. The summed E-state index contributed by atoms with van der Waals surface area (Å²) in [6.07, 6.45) is 0. The van der Waals surface area contributed by atoms with Crippen LogP contribution in [0.3, 0.4) is 0 Å². The van der Waals surface area contributed by atoms with E-state index in [9.17, 15) is 0 Å². The predicted octanol–water partition coefficient (Wildman–Crippen LogP) is 2.49. The van der Waals surface area contributed by atoms with Crippen LogP contribution in [0.5, 0.6) is 0 Å². The van der Waals surface area contributed by atoms with Crippen molar-refractivity contribution >= 4 is 11.4 Å². The van der Waals surface area contributed by atoms with E-state index in [-0.39, 0.29) is 0 Å². The van der Waals surface area contributed by atoms with Gasteiger partial charge in [-0.25, -0.2) is 0 Å². The van der Waals surface area contributed by atoms with Gasteiger partial charge in [0.25, 0.3) is 0 Å². The molecule has 2 heteroatoms. The van der Waals surface area contributed by atoms with Crippen molar-refractivity contribution in [2.24, 2.45) is 5.92 Å². The Morgan fingerprint density at radius 1 is 1.43 bits per heavy atom. The maximum absolute atomic E-state index is 3.53. The van der Waals surface area contributed by atoms with Crippen molar-refractivity contribution in [2.75, 3.05) is 30.4 Å². The van der Waals surface area contributed by atoms with Gasteiger partial charge in [0.15, 0.2) is 0 Å². The molecule has 0 fully saturated rings. The zero-order chi connectivity index (χ0) is 10.1. The number of rotatable bonds is 0. The number of hydrogen-bond donors (Lipinski definition) is 1. The van der Waals surface area contributed by atoms with Gasteiger partial charge in [0.1, 0.15) is 0 Å². The molecule has 0 saturated carbocycles. The van der Waals surface area contributed by atoms with E-state index in [1.165, 1.54) is 16.9 Å². The molecule has 2 nitrogen and oxygen atoms in total. The van der Waals surface area contributed by atoms with Gasteiger partial charge in [0.05, 0.1) is 11.4 Å². The molecule has 1 aromatic carbocycles. The number of fused-ring (bicyclic) bond motifs is 1. The third kappa shape index (κ3) is 1.57. The van der Waals surface area contributed by atoms with Gasteiger partial charge in [-0.2, -0.15) is 0 Å². The summed E-state index contributed by atoms with van der Waals surface area (Å²) in [6.45, 7) is 6.64. The second-order valence-electron chi connectivity index (χ2n) is 4.34. The van der Waals surface area contributed by atoms with Crippen LogP contribution >= 0.6 is 0 Å². The van der Waals surface area contributed by atoms with E-state index in [1.807, 2.05) is 0 Å². The molecule has 1 aliphatic rings. The molecule has 14 heavy (non-hydrogen) atoms. The second-order valence-corrected chi connectivity index (χ2v) is 4.34. The van der Waals surface area contributed by atoms with Gasteiger partial charge in [0.2, 0.25) is 0 Å². The lowest BCUT2D eigenvalue weighted by Gasteiger charge is -2.21. The Kier molecular flexibility index (Phi) is 2.36. The van der Waals surface area contributed by atoms with Crippen molar-refractivity contribution < 1.29 is 0 Å². The maximum Gasteiger partial charge on any atom is 0.0607 e. The van der Waals surface area contributed by atoms with E-state index in [4.69, 9.17) is 0 Å². The zero-order valence-electron chi connectivity index (χ0n) is 9.17. The Labute approximate surface area is 85.9 Å². The highest BCUT2D eigenvalue weighted by atomic mass is 15.1. The maximum atomic E-state index is 3.53. The van der Waals surface area contributed by atoms with Crippen molar-refractivity contribution in [3.05, 3.63) is 23.8 Å². The summed E-state index contributed by atoms with van der Waals surface area (Å²) in [5.41, 5.74) is 3.97. The normalized spacial score (nSPS) is 21.1. The third-order valence-corrected chi connectivity index (χ3v) is 2.87. The van der Waals surface area contributed by atoms with Gasteiger partial charge >= 0.3 is 0 Å². The average Bonchev–Trinajstić information content (AvgIpc) is 2.28. The fourth-order valence-electron chi connectivity index (χ4n) is 2.11. The van der Waals surface area contributed by atoms with Gasteiger partial charge in [0, 0.05) is 20.1 Å². The van der Waals surface area contributed by atoms with Crippen molar-refractivity contribution in [2.45, 2.75) is 13.8 Å². The minimum Gasteiger partial charge on any atom is -0.383 e. The number of anilines is 2. The molecule has 1 unspecified atom stereocenters. The highest BCUT2D eigenvalue weighted by molar-refractivity contribution is 5.73. The molecular weight excluding hydrogens is 172 g/mol. The molecule has 0 radical (unpaired) electrons. The lowest BCUT2D eigenvalue weighted by Crippen LogP contribution is -2.23. The number of nitrogens with one attached hydrogen (secondary N) is 1. The van der Waals surface area contributed by atoms with Gasteiger partial charge in [-0.05, 0) is 24.5 Å². The Bertz CT molecular complexity index is 333. The van der Waals surface area contributed by atoms with Gasteiger partial charge in [-0.3, -0.25) is 0 Å². The predicted molar refractivity (Wildman–Crippen MR) is 62.1 cm³/mol. The average molecular weight is 190 g/mol. The molecule has 0 spiro atoms. The van der Waals surface area contributed by atoms with Crippen LogP contribution in [-0.2, 0) is 0 Å². The summed E-state index contributed by atoms with van der Waals surface area (Å²) in [7, 11) is 2.17. The molecule has 0 bridgehead atoms. The van der Waals surface area contributed by atoms with Crippen LogP contribution in [0.25, 0.3) is 0 Å². The third-order valence-electron chi connectivity index (χ3n) is 2.87. The monoisotopic (exact) mass is 190 g/mol. The topological polar surface area (TPSA) is 15.3 Å². The molecular formula is C12H18N2. The Balaban J connectivity index is 2.43. The summed E-state index contributed by atoms with van der Waals surface area (Å²) in [6, 6.07) is 6.48. The fourth-order valence-corrected chi connectivity index (χ4v) is 2.11. The molecule has 1 atom stereocenters. The van der Waals surface area contributed by atoms with Crippen LogP contribution in [0.1, 0.15) is 12.5 Å². The molecule has 1 aliphatic heterocycles. The lowest BCUT2D eigenvalue weighted by atomic mass is 10.1. The van der Waals surface area contributed by atoms with E-state index in [0.717, 1.165) is 13.1 Å². The van der Waals surface area contributed by atoms with Crippen molar-refractivity contribution in [3.63, 3.8) is 0 Å². The Morgan fingerprint density at radius 3 is 3.00 bits per heavy atom. The standard InChI is InChI=1S/C12H18N2/c1-9-7-13-12-10(2)5-4-6-11(12)14(3)8-9/h4-6,9,13H,7-8H2,1-3H3. The zero-order valence-corrected chi connectivity index (χ0v) is 9.17. The van der Waals surface area contributed by atoms with Crippen LogP contribution in [-0.4, -0.2) is 20.1 Å². The first-order chi connectivity index (χ1) is 6.68. The van der Waals surface area contributed by atoms with E-state index >= 15 is 0 Å². The lowest BCUT2D eigenvalue weighted by molar-refractivity contribution is 0.618. The number of nitrogens with zero attached hydrogens (tertiary/aromatic N) is 1. The highest BCUT2D eigenvalue weighted by Crippen LogP contribution is 2.31. The smallest absolute Gasteiger partial charge is 0.0607 e. The summed E-state index contributed by atoms with van der Waals surface area (Å²) in [5, 5.41) is 3.53. The largest absolute Gasteiger partial charge is 0.383 e. The van der Waals surface area contributed by atoms with Crippen LogP contribution in [0.4, 0.5) is 11.4 Å². The van der Waals surface area contributed by atoms with Crippen LogP contribution < -0.4 is 10.2 Å². The Hall–Kier alpha value is -1.18. The van der Waals surface area contributed by atoms with Gasteiger partial charge in [-0.15, -0.1) is 0 Å². The first kappa shape index (κ1) is 9.38. The van der Waals surface area contributed by atoms with Gasteiger partial charge in [-0.1, -0.05) is 19.1 Å². The van der Waals surface area contributed by atoms with Crippen LogP contribution in [0.15, 0.2) is 18.2 Å². The number of para-hydroxylation sites is 1. The molecule has 0 aliphatic carbocycles. The molecule has 0 saturated heterocycles. The summed E-state index contributed by atoms with van der Waals surface area (Å²) < 4.78 is 0. The molecule has 76 valence electrons. The molecule has 1 aromatic rings. The molecule has 0 amide bonds. The summed E-state index contributed by atoms with van der Waals surface area (Å²) in [4.78, 5) is 2.34. The first-order valence-electron chi connectivity index (χ1n) is 5.23. The van der Waals surface area contributed by atoms with E-state index < -0.39 is 0 Å². The second kappa shape index (κ2) is 3.52. The minimum absolute atomic E-state index is 0.701. The fraction of sp³-hybridized carbons (Fsp3) is 0.500. The van der Waals surface area contributed by atoms with Crippen LogP contribution in [0, 0.1) is 12.8 Å². The highest BCUT2D eigenvalue weighted by Gasteiger charge is 2.16. The van der Waals surface area contributed by atoms with E-state index in [0.29, 0.717) is 5.92 Å². The van der Waals surface area contributed by atoms with Crippen molar-refractivity contribution in [3.8, 4) is 0 Å². The van der Waals surface area contributed by atoms with E-state index in [1.54, 1.807) is 0 Å². The molecule has 0 aromatic heterocycles. The van der Waals surface area contributed by atoms with Crippen LogP contribution in [0.2, 0.25) is 0 Å². The van der Waals surface area contributed by atoms with Gasteiger partial charge < -0.3 is 10.2 Å². The summed E-state index contributed by atoms with van der Waals surface area (Å²) in [5.74, 6) is 0.701. The first-order valence-corrected chi connectivity index (χ1v) is 5.23. The Morgan fingerprint density at radius 2 is 2.21 bits per heavy atom. The molecule has 1 heterocycles. The minimum atomic E-state index is 0.701. The molecule has 1 N–H and O–H groups in total. The molecule has 2 rings (SSSR count). The number of benzene rings is 1. The quantitative estimate of drug-likeness (QED) is 0.676. The number of aryl methyl sites for hydroxylation is 1.